The van der Waals surface area contributed by atoms with Gasteiger partial charge in [0.1, 0.15) is 0 Å². The molecule has 4 heteroatoms. The first-order valence-corrected chi connectivity index (χ1v) is 8.38. The molecule has 1 aliphatic heterocycles. The Labute approximate surface area is 132 Å². The molecule has 120 valence electrons. The fourth-order valence-corrected chi connectivity index (χ4v) is 3.20. The summed E-state index contributed by atoms with van der Waals surface area (Å²) in [6, 6.07) is 8.34. The molecule has 4 nitrogen and oxygen atoms in total. The molecule has 0 spiro atoms. The first-order valence-electron chi connectivity index (χ1n) is 8.38. The van der Waals surface area contributed by atoms with Gasteiger partial charge in [0.05, 0.1) is 6.10 Å². The monoisotopic (exact) mass is 302 g/mol. The van der Waals surface area contributed by atoms with Crippen molar-refractivity contribution in [1.82, 2.24) is 10.2 Å². The van der Waals surface area contributed by atoms with E-state index >= 15 is 0 Å². The summed E-state index contributed by atoms with van der Waals surface area (Å²) in [7, 11) is 0. The van der Waals surface area contributed by atoms with Crippen LogP contribution in [0.1, 0.15) is 37.3 Å². The van der Waals surface area contributed by atoms with E-state index in [0.717, 1.165) is 38.9 Å². The third-order valence-electron chi connectivity index (χ3n) is 4.97. The van der Waals surface area contributed by atoms with E-state index < -0.39 is 0 Å². The second-order valence-corrected chi connectivity index (χ2v) is 6.81. The smallest absolute Gasteiger partial charge is 0.223 e. The molecule has 0 radical (unpaired) electrons. The van der Waals surface area contributed by atoms with Crippen LogP contribution < -0.4 is 5.32 Å². The molecule has 0 aromatic heterocycles. The maximum Gasteiger partial charge on any atom is 0.223 e. The van der Waals surface area contributed by atoms with Gasteiger partial charge in [-0.2, -0.15) is 0 Å². The van der Waals surface area contributed by atoms with E-state index in [1.807, 2.05) is 6.07 Å². The molecule has 1 aromatic carbocycles. The van der Waals surface area contributed by atoms with Gasteiger partial charge in [0, 0.05) is 32.1 Å². The number of nitrogens with zero attached hydrogens (tertiary/aromatic N) is 1. The van der Waals surface area contributed by atoms with Crippen LogP contribution in [0.2, 0.25) is 0 Å². The van der Waals surface area contributed by atoms with Gasteiger partial charge < -0.3 is 10.4 Å². The number of rotatable bonds is 5. The van der Waals surface area contributed by atoms with Crippen LogP contribution in [0.4, 0.5) is 0 Å². The minimum Gasteiger partial charge on any atom is -0.393 e. The normalized spacial score (nSPS) is 25.9. The lowest BCUT2D eigenvalue weighted by molar-refractivity contribution is -0.122. The van der Waals surface area contributed by atoms with Gasteiger partial charge in [-0.25, -0.2) is 0 Å². The van der Waals surface area contributed by atoms with Crippen LogP contribution in [0.25, 0.3) is 0 Å². The van der Waals surface area contributed by atoms with E-state index in [0.29, 0.717) is 12.5 Å². The zero-order valence-electron chi connectivity index (χ0n) is 13.3. The largest absolute Gasteiger partial charge is 0.393 e. The molecule has 2 fully saturated rings. The summed E-state index contributed by atoms with van der Waals surface area (Å²) in [6.07, 6.45) is 2.62. The molecule has 1 amide bonds. The lowest BCUT2D eigenvalue weighted by Gasteiger charge is -2.30. The van der Waals surface area contributed by atoms with Crippen molar-refractivity contribution in [1.29, 1.82) is 0 Å². The Hall–Kier alpha value is -1.39. The Morgan fingerprint density at radius 3 is 2.55 bits per heavy atom. The summed E-state index contributed by atoms with van der Waals surface area (Å²) in [5, 5.41) is 12.7. The lowest BCUT2D eigenvalue weighted by atomic mass is 10.0. The zero-order valence-corrected chi connectivity index (χ0v) is 13.3. The number of amides is 1. The molecule has 22 heavy (non-hydrogen) atoms. The summed E-state index contributed by atoms with van der Waals surface area (Å²) >= 11 is 0. The number of aliphatic hydroxyl groups excluding tert-OH is 1. The van der Waals surface area contributed by atoms with Gasteiger partial charge in [-0.15, -0.1) is 0 Å². The molecule has 1 heterocycles. The molecule has 2 aliphatic rings. The van der Waals surface area contributed by atoms with Crippen LogP contribution >= 0.6 is 0 Å². The van der Waals surface area contributed by atoms with Gasteiger partial charge in [-0.3, -0.25) is 9.69 Å². The van der Waals surface area contributed by atoms with Gasteiger partial charge in [0.25, 0.3) is 0 Å². The summed E-state index contributed by atoms with van der Waals surface area (Å²) in [4.78, 5) is 14.4. The van der Waals surface area contributed by atoms with E-state index in [-0.39, 0.29) is 17.9 Å². The molecule has 1 aliphatic carbocycles. The van der Waals surface area contributed by atoms with Crippen LogP contribution in [0, 0.1) is 11.8 Å². The van der Waals surface area contributed by atoms with Crippen molar-refractivity contribution >= 4 is 5.91 Å². The number of aliphatic hydroxyl groups is 1. The number of hydrogen-bond acceptors (Lipinski definition) is 3. The molecular weight excluding hydrogens is 276 g/mol. The van der Waals surface area contributed by atoms with Crippen LogP contribution in [-0.4, -0.2) is 35.1 Å². The second kappa shape index (κ2) is 6.80. The first kappa shape index (κ1) is 15.5. The minimum absolute atomic E-state index is 0.133. The summed E-state index contributed by atoms with van der Waals surface area (Å²) in [5.41, 5.74) is 2.48. The van der Waals surface area contributed by atoms with Gasteiger partial charge in [-0.05, 0) is 36.3 Å². The fourth-order valence-electron chi connectivity index (χ4n) is 3.20. The van der Waals surface area contributed by atoms with Crippen molar-refractivity contribution < 1.29 is 9.90 Å². The summed E-state index contributed by atoms with van der Waals surface area (Å²) < 4.78 is 0. The number of piperidine rings is 1. The van der Waals surface area contributed by atoms with Crippen molar-refractivity contribution in [2.24, 2.45) is 11.8 Å². The van der Waals surface area contributed by atoms with Gasteiger partial charge in [0.2, 0.25) is 5.91 Å². The highest BCUT2D eigenvalue weighted by molar-refractivity contribution is 5.81. The fraction of sp³-hybridized carbons (Fsp3) is 0.611. The Bertz CT molecular complexity index is 524. The molecule has 3 rings (SSSR count). The van der Waals surface area contributed by atoms with E-state index in [1.165, 1.54) is 11.1 Å². The predicted molar refractivity (Wildman–Crippen MR) is 86.1 cm³/mol. The number of carbonyl (C=O) groups excluding carboxylic acids is 1. The molecular formula is C18H26N2O2. The standard InChI is InChI=1S/C18H26N2O2/c1-13-10-17(13)18(22)19-11-14-4-2-3-5-15(14)12-20-8-6-16(21)7-9-20/h2-5,13,16-17,21H,6-12H2,1H3,(H,19,22). The third kappa shape index (κ3) is 3.87. The maximum atomic E-state index is 12.0. The number of carbonyl (C=O) groups is 1. The third-order valence-corrected chi connectivity index (χ3v) is 4.97. The first-order chi connectivity index (χ1) is 10.6. The van der Waals surface area contributed by atoms with E-state index in [1.54, 1.807) is 0 Å². The molecule has 1 aromatic rings. The topological polar surface area (TPSA) is 52.6 Å². The molecule has 2 unspecified atom stereocenters. The highest BCUT2D eigenvalue weighted by atomic mass is 16.3. The van der Waals surface area contributed by atoms with E-state index in [9.17, 15) is 9.90 Å². The zero-order chi connectivity index (χ0) is 15.5. The number of nitrogens with one attached hydrogen (secondary N) is 1. The van der Waals surface area contributed by atoms with Crippen molar-refractivity contribution in [2.45, 2.75) is 45.4 Å². The molecule has 2 atom stereocenters. The summed E-state index contributed by atoms with van der Waals surface area (Å²) in [5.74, 6) is 0.981. The van der Waals surface area contributed by atoms with Gasteiger partial charge in [0.15, 0.2) is 0 Å². The quantitative estimate of drug-likeness (QED) is 0.873. The minimum atomic E-state index is -0.133. The molecule has 1 saturated carbocycles. The van der Waals surface area contributed by atoms with Gasteiger partial charge in [-0.1, -0.05) is 31.2 Å². The number of benzene rings is 1. The average Bonchev–Trinajstić information content (AvgIpc) is 3.25. The van der Waals surface area contributed by atoms with Crippen molar-refractivity contribution in [2.75, 3.05) is 13.1 Å². The molecule has 2 N–H and O–H groups in total. The highest BCUT2D eigenvalue weighted by Gasteiger charge is 2.38. The van der Waals surface area contributed by atoms with Gasteiger partial charge >= 0.3 is 0 Å². The predicted octanol–water partition coefficient (Wildman–Crippen LogP) is 1.92. The SMILES string of the molecule is CC1CC1C(=O)NCc1ccccc1CN1CCC(O)CC1. The highest BCUT2D eigenvalue weighted by Crippen LogP contribution is 2.37. The van der Waals surface area contributed by atoms with Crippen molar-refractivity contribution in [3.8, 4) is 0 Å². The van der Waals surface area contributed by atoms with Crippen LogP contribution in [0.3, 0.4) is 0 Å². The Balaban J connectivity index is 1.56. The van der Waals surface area contributed by atoms with Crippen molar-refractivity contribution in [3.05, 3.63) is 35.4 Å². The van der Waals surface area contributed by atoms with E-state index in [4.69, 9.17) is 0 Å². The Morgan fingerprint density at radius 1 is 1.27 bits per heavy atom. The lowest BCUT2D eigenvalue weighted by Crippen LogP contribution is -2.35. The molecule has 1 saturated heterocycles. The molecule has 0 bridgehead atoms. The Morgan fingerprint density at radius 2 is 1.91 bits per heavy atom. The average molecular weight is 302 g/mol. The van der Waals surface area contributed by atoms with Crippen LogP contribution in [0.5, 0.6) is 0 Å². The Kier molecular flexibility index (Phi) is 4.79. The van der Waals surface area contributed by atoms with Crippen LogP contribution in [0.15, 0.2) is 24.3 Å². The maximum absolute atomic E-state index is 12.0. The van der Waals surface area contributed by atoms with E-state index in [2.05, 4.69) is 35.3 Å². The summed E-state index contributed by atoms with van der Waals surface area (Å²) in [6.45, 7) is 5.54. The number of likely N-dealkylation sites (tertiary alicyclic amines) is 1. The number of hydrogen-bond donors (Lipinski definition) is 2. The van der Waals surface area contributed by atoms with Crippen molar-refractivity contribution in [3.63, 3.8) is 0 Å². The second-order valence-electron chi connectivity index (χ2n) is 6.81. The van der Waals surface area contributed by atoms with Crippen LogP contribution in [-0.2, 0) is 17.9 Å².